The first-order valence-corrected chi connectivity index (χ1v) is 12.1. The number of hydrogen-bond donors (Lipinski definition) is 0. The van der Waals surface area contributed by atoms with E-state index in [-0.39, 0.29) is 0 Å². The smallest absolute Gasteiger partial charge is 0.0934 e. The van der Waals surface area contributed by atoms with Crippen molar-refractivity contribution in [3.63, 3.8) is 0 Å². The van der Waals surface area contributed by atoms with Crippen LogP contribution >= 0.6 is 0 Å². The molecule has 31 heavy (non-hydrogen) atoms. The van der Waals surface area contributed by atoms with Gasteiger partial charge in [0.1, 0.15) is 0 Å². The maximum atomic E-state index is 5.12. The zero-order valence-electron chi connectivity index (χ0n) is 21.1. The van der Waals surface area contributed by atoms with Crippen molar-refractivity contribution in [2.45, 2.75) is 106 Å². The van der Waals surface area contributed by atoms with Crippen LogP contribution in [0.1, 0.15) is 105 Å². The van der Waals surface area contributed by atoms with Crippen molar-refractivity contribution in [3.8, 4) is 0 Å². The van der Waals surface area contributed by atoms with Crippen LogP contribution < -0.4 is 0 Å². The third-order valence-corrected chi connectivity index (χ3v) is 5.69. The molecule has 0 bridgehead atoms. The molecule has 0 saturated carbocycles. The average Bonchev–Trinajstić information content (AvgIpc) is 3.21. The van der Waals surface area contributed by atoms with Crippen molar-refractivity contribution in [1.29, 1.82) is 0 Å². The molecule has 0 fully saturated rings. The Hall–Kier alpha value is -2.02. The third-order valence-electron chi connectivity index (χ3n) is 5.69. The molecule has 0 N–H and O–H groups in total. The van der Waals surface area contributed by atoms with E-state index in [0.717, 1.165) is 32.1 Å². The number of rotatable bonds is 15. The summed E-state index contributed by atoms with van der Waals surface area (Å²) < 4.78 is 5.12. The lowest BCUT2D eigenvalue weighted by molar-refractivity contribution is 0.564. The van der Waals surface area contributed by atoms with Crippen LogP contribution in [0.15, 0.2) is 81.3 Å². The van der Waals surface area contributed by atoms with Gasteiger partial charge in [0, 0.05) is 0 Å². The summed E-state index contributed by atoms with van der Waals surface area (Å²) in [6.07, 6.45) is 27.1. The lowest BCUT2D eigenvalue weighted by atomic mass is 10.0. The standard InChI is InChI=1S/C30H46O/c1-25(2)12-7-13-26(3)14-8-15-27(4)16-9-17-28(5)18-10-19-29(6)20-11-21-30-22-23-31-24-30/h12,14,16,18,20,22-24H,7-11,13,15,17,19,21H2,1-6H3/b26-14+,27-16+,28-18+,29-20+. The predicted octanol–water partition coefficient (Wildman–Crippen LogP) is 10.1. The van der Waals surface area contributed by atoms with Crippen LogP contribution in [-0.2, 0) is 6.42 Å². The van der Waals surface area contributed by atoms with E-state index in [1.54, 1.807) is 6.26 Å². The lowest BCUT2D eigenvalue weighted by Crippen LogP contribution is -1.84. The highest BCUT2D eigenvalue weighted by atomic mass is 16.3. The van der Waals surface area contributed by atoms with Crippen LogP contribution in [0, 0.1) is 0 Å². The Morgan fingerprint density at radius 2 is 1.03 bits per heavy atom. The molecule has 1 rings (SSSR count). The van der Waals surface area contributed by atoms with Crippen molar-refractivity contribution in [3.05, 3.63) is 82.4 Å². The third kappa shape index (κ3) is 15.4. The molecule has 0 radical (unpaired) electrons. The van der Waals surface area contributed by atoms with Gasteiger partial charge in [0.25, 0.3) is 0 Å². The summed E-state index contributed by atoms with van der Waals surface area (Å²) in [4.78, 5) is 0. The van der Waals surface area contributed by atoms with Crippen LogP contribution in [0.2, 0.25) is 0 Å². The molecule has 1 heterocycles. The van der Waals surface area contributed by atoms with E-state index >= 15 is 0 Å². The van der Waals surface area contributed by atoms with E-state index in [2.05, 4.69) is 78.0 Å². The minimum absolute atomic E-state index is 1.07. The molecule has 0 aliphatic heterocycles. The van der Waals surface area contributed by atoms with E-state index in [1.165, 1.54) is 65.5 Å². The summed E-state index contributed by atoms with van der Waals surface area (Å²) in [6.45, 7) is 13.4. The van der Waals surface area contributed by atoms with Crippen LogP contribution in [0.3, 0.4) is 0 Å². The van der Waals surface area contributed by atoms with Gasteiger partial charge < -0.3 is 4.42 Å². The molecule has 0 amide bonds. The fraction of sp³-hybridized carbons (Fsp3) is 0.533. The summed E-state index contributed by atoms with van der Waals surface area (Å²) in [5.41, 5.74) is 8.77. The number of allylic oxidation sites excluding steroid dienone is 10. The molecule has 0 unspecified atom stereocenters. The van der Waals surface area contributed by atoms with Crippen molar-refractivity contribution in [2.75, 3.05) is 0 Å². The van der Waals surface area contributed by atoms with Gasteiger partial charge in [-0.25, -0.2) is 0 Å². The molecule has 0 aliphatic carbocycles. The summed E-state index contributed by atoms with van der Waals surface area (Å²) >= 11 is 0. The van der Waals surface area contributed by atoms with E-state index in [1.807, 2.05) is 6.26 Å². The van der Waals surface area contributed by atoms with E-state index in [9.17, 15) is 0 Å². The Morgan fingerprint density at radius 3 is 1.42 bits per heavy atom. The van der Waals surface area contributed by atoms with Crippen LogP contribution in [0.4, 0.5) is 0 Å². The summed E-state index contributed by atoms with van der Waals surface area (Å²) in [6, 6.07) is 2.05. The summed E-state index contributed by atoms with van der Waals surface area (Å²) in [5, 5.41) is 0. The summed E-state index contributed by atoms with van der Waals surface area (Å²) in [7, 11) is 0. The Balaban J connectivity index is 2.19. The molecule has 1 aromatic rings. The highest BCUT2D eigenvalue weighted by molar-refractivity contribution is 5.10. The Morgan fingerprint density at radius 1 is 0.613 bits per heavy atom. The Kier molecular flexibility index (Phi) is 14.5. The van der Waals surface area contributed by atoms with Gasteiger partial charge in [-0.2, -0.15) is 0 Å². The van der Waals surface area contributed by atoms with Gasteiger partial charge in [-0.3, -0.25) is 0 Å². The minimum Gasteiger partial charge on any atom is -0.472 e. The highest BCUT2D eigenvalue weighted by Crippen LogP contribution is 2.15. The summed E-state index contributed by atoms with van der Waals surface area (Å²) in [5.74, 6) is 0. The highest BCUT2D eigenvalue weighted by Gasteiger charge is 1.96. The van der Waals surface area contributed by atoms with Gasteiger partial charge in [0.05, 0.1) is 12.5 Å². The fourth-order valence-electron chi connectivity index (χ4n) is 3.56. The van der Waals surface area contributed by atoms with Gasteiger partial charge in [0.15, 0.2) is 0 Å². The number of aryl methyl sites for hydroxylation is 1. The second kappa shape index (κ2) is 16.6. The molecule has 0 atom stereocenters. The Bertz CT molecular complexity index is 746. The van der Waals surface area contributed by atoms with E-state index in [0.29, 0.717) is 0 Å². The fourth-order valence-corrected chi connectivity index (χ4v) is 3.56. The normalized spacial score (nSPS) is 13.6. The molecule has 172 valence electrons. The average molecular weight is 423 g/mol. The second-order valence-corrected chi connectivity index (χ2v) is 9.31. The lowest BCUT2D eigenvalue weighted by Gasteiger charge is -2.03. The maximum absolute atomic E-state index is 5.12. The first-order chi connectivity index (χ1) is 14.9. The van der Waals surface area contributed by atoms with Crippen molar-refractivity contribution in [1.82, 2.24) is 0 Å². The Labute approximate surface area is 192 Å². The second-order valence-electron chi connectivity index (χ2n) is 9.31. The SMILES string of the molecule is CC(C)=CCC/C(C)=C/CC/C(C)=C/CC/C(C)=C/CC/C(C)=C/CCc1ccoc1. The van der Waals surface area contributed by atoms with Gasteiger partial charge >= 0.3 is 0 Å². The zero-order chi connectivity index (χ0) is 22.9. The molecular weight excluding hydrogens is 376 g/mol. The van der Waals surface area contributed by atoms with Crippen molar-refractivity contribution < 1.29 is 4.42 Å². The van der Waals surface area contributed by atoms with Gasteiger partial charge in [0.2, 0.25) is 0 Å². The van der Waals surface area contributed by atoms with Crippen molar-refractivity contribution in [2.24, 2.45) is 0 Å². The largest absolute Gasteiger partial charge is 0.472 e. The van der Waals surface area contributed by atoms with Gasteiger partial charge in [-0.1, -0.05) is 58.2 Å². The first-order valence-electron chi connectivity index (χ1n) is 12.1. The van der Waals surface area contributed by atoms with E-state index < -0.39 is 0 Å². The molecule has 1 heteroatoms. The van der Waals surface area contributed by atoms with Crippen molar-refractivity contribution >= 4 is 0 Å². The molecule has 0 aliphatic rings. The molecule has 0 spiro atoms. The quantitative estimate of drug-likeness (QED) is 0.256. The van der Waals surface area contributed by atoms with Gasteiger partial charge in [-0.05, 0) is 117 Å². The molecular formula is C30H46O. The monoisotopic (exact) mass is 422 g/mol. The van der Waals surface area contributed by atoms with Crippen LogP contribution in [-0.4, -0.2) is 0 Å². The van der Waals surface area contributed by atoms with Crippen LogP contribution in [0.25, 0.3) is 0 Å². The van der Waals surface area contributed by atoms with Crippen LogP contribution in [0.5, 0.6) is 0 Å². The number of hydrogen-bond acceptors (Lipinski definition) is 1. The molecule has 0 aromatic carbocycles. The predicted molar refractivity (Wildman–Crippen MR) is 138 cm³/mol. The zero-order valence-corrected chi connectivity index (χ0v) is 21.1. The minimum atomic E-state index is 1.07. The van der Waals surface area contributed by atoms with E-state index in [4.69, 9.17) is 4.42 Å². The molecule has 0 saturated heterocycles. The van der Waals surface area contributed by atoms with Gasteiger partial charge in [-0.15, -0.1) is 0 Å². The maximum Gasteiger partial charge on any atom is 0.0934 e. The molecule has 1 aromatic heterocycles. The topological polar surface area (TPSA) is 13.1 Å². The number of furan rings is 1. The first kappa shape index (κ1) is 27.0. The molecule has 1 nitrogen and oxygen atoms in total.